The van der Waals surface area contributed by atoms with Gasteiger partial charge in [0.25, 0.3) is 5.91 Å². The van der Waals surface area contributed by atoms with E-state index in [1.54, 1.807) is 24.4 Å². The quantitative estimate of drug-likeness (QED) is 0.313. The van der Waals surface area contributed by atoms with Gasteiger partial charge in [-0.3, -0.25) is 4.79 Å². The maximum Gasteiger partial charge on any atom is 0.272 e. The second kappa shape index (κ2) is 7.84. The largest absolute Gasteiger partial charge is 0.361 e. The van der Waals surface area contributed by atoms with Crippen molar-refractivity contribution >= 4 is 33.9 Å². The SMILES string of the molecule is O=C(NN=Cc1c[nH]c2ccccc12)c1cc(-c2ccc(F)cc2)nc2ccccc12. The van der Waals surface area contributed by atoms with Gasteiger partial charge < -0.3 is 4.98 Å². The van der Waals surface area contributed by atoms with E-state index >= 15 is 0 Å². The van der Waals surface area contributed by atoms with Gasteiger partial charge in [0.15, 0.2) is 0 Å². The lowest BCUT2D eigenvalue weighted by Crippen LogP contribution is -2.18. The molecule has 2 N–H and O–H groups in total. The molecule has 0 bridgehead atoms. The summed E-state index contributed by atoms with van der Waals surface area (Å²) in [5, 5.41) is 5.88. The molecule has 0 aliphatic carbocycles. The monoisotopic (exact) mass is 408 g/mol. The Bertz CT molecular complexity index is 1440. The Labute approximate surface area is 177 Å². The Morgan fingerprint density at radius 3 is 2.55 bits per heavy atom. The van der Waals surface area contributed by atoms with Crippen LogP contribution in [0.4, 0.5) is 4.39 Å². The van der Waals surface area contributed by atoms with Gasteiger partial charge in [-0.1, -0.05) is 36.4 Å². The van der Waals surface area contributed by atoms with Crippen LogP contribution in [0.3, 0.4) is 0 Å². The molecule has 150 valence electrons. The van der Waals surface area contributed by atoms with Gasteiger partial charge in [-0.25, -0.2) is 14.8 Å². The molecule has 2 aromatic heterocycles. The maximum absolute atomic E-state index is 13.3. The molecule has 1 amide bonds. The highest BCUT2D eigenvalue weighted by atomic mass is 19.1. The van der Waals surface area contributed by atoms with Crippen molar-refractivity contribution < 1.29 is 9.18 Å². The molecule has 3 aromatic carbocycles. The number of nitrogens with zero attached hydrogens (tertiary/aromatic N) is 2. The zero-order valence-electron chi connectivity index (χ0n) is 16.3. The van der Waals surface area contributed by atoms with E-state index in [-0.39, 0.29) is 11.7 Å². The van der Waals surface area contributed by atoms with E-state index in [1.807, 2.05) is 54.7 Å². The number of aromatic amines is 1. The van der Waals surface area contributed by atoms with Crippen LogP contribution in [0, 0.1) is 5.82 Å². The Morgan fingerprint density at radius 2 is 1.71 bits per heavy atom. The fourth-order valence-corrected chi connectivity index (χ4v) is 3.55. The molecule has 0 atom stereocenters. The number of nitrogens with one attached hydrogen (secondary N) is 2. The number of carbonyl (C=O) groups excluding carboxylic acids is 1. The van der Waals surface area contributed by atoms with Crippen molar-refractivity contribution in [3.05, 3.63) is 102 Å². The van der Waals surface area contributed by atoms with Gasteiger partial charge in [-0.15, -0.1) is 0 Å². The van der Waals surface area contributed by atoms with Crippen LogP contribution in [-0.4, -0.2) is 22.1 Å². The molecule has 0 spiro atoms. The molecule has 0 radical (unpaired) electrons. The van der Waals surface area contributed by atoms with E-state index in [0.29, 0.717) is 22.2 Å². The molecule has 6 heteroatoms. The number of rotatable bonds is 4. The van der Waals surface area contributed by atoms with Gasteiger partial charge in [0.05, 0.1) is 23.0 Å². The van der Waals surface area contributed by atoms with E-state index < -0.39 is 0 Å². The zero-order valence-corrected chi connectivity index (χ0v) is 16.3. The van der Waals surface area contributed by atoms with Crippen LogP contribution >= 0.6 is 0 Å². The topological polar surface area (TPSA) is 70.1 Å². The summed E-state index contributed by atoms with van der Waals surface area (Å²) in [6.07, 6.45) is 3.45. The van der Waals surface area contributed by atoms with Crippen molar-refractivity contribution in [2.24, 2.45) is 5.10 Å². The van der Waals surface area contributed by atoms with Crippen molar-refractivity contribution in [1.82, 2.24) is 15.4 Å². The summed E-state index contributed by atoms with van der Waals surface area (Å²) >= 11 is 0. The van der Waals surface area contributed by atoms with Crippen molar-refractivity contribution in [2.45, 2.75) is 0 Å². The molecule has 0 saturated heterocycles. The molecule has 0 unspecified atom stereocenters. The molecular weight excluding hydrogens is 391 g/mol. The third kappa shape index (κ3) is 3.67. The van der Waals surface area contributed by atoms with E-state index in [4.69, 9.17) is 0 Å². The van der Waals surface area contributed by atoms with Crippen molar-refractivity contribution in [3.8, 4) is 11.3 Å². The first-order valence-electron chi connectivity index (χ1n) is 9.74. The zero-order chi connectivity index (χ0) is 21.2. The fraction of sp³-hybridized carbons (Fsp3) is 0. The number of hydrogen-bond donors (Lipinski definition) is 2. The average Bonchev–Trinajstić information content (AvgIpc) is 3.22. The maximum atomic E-state index is 13.3. The highest BCUT2D eigenvalue weighted by Gasteiger charge is 2.13. The molecule has 31 heavy (non-hydrogen) atoms. The third-order valence-corrected chi connectivity index (χ3v) is 5.09. The summed E-state index contributed by atoms with van der Waals surface area (Å²) in [4.78, 5) is 20.8. The van der Waals surface area contributed by atoms with Crippen LogP contribution in [0.5, 0.6) is 0 Å². The summed E-state index contributed by atoms with van der Waals surface area (Å²) in [5.41, 5.74) is 6.92. The van der Waals surface area contributed by atoms with Gasteiger partial charge in [0, 0.05) is 33.6 Å². The summed E-state index contributed by atoms with van der Waals surface area (Å²) in [7, 11) is 0. The number of H-pyrrole nitrogens is 1. The molecular formula is C25H17FN4O. The Balaban J connectivity index is 1.48. The minimum absolute atomic E-state index is 0.325. The Kier molecular flexibility index (Phi) is 4.72. The number of hydrogen-bond acceptors (Lipinski definition) is 3. The van der Waals surface area contributed by atoms with Crippen LogP contribution in [0.15, 0.2) is 90.2 Å². The second-order valence-corrected chi connectivity index (χ2v) is 7.07. The van der Waals surface area contributed by atoms with E-state index in [0.717, 1.165) is 22.0 Å². The lowest BCUT2D eigenvalue weighted by molar-refractivity contribution is 0.0956. The first kappa shape index (κ1) is 18.7. The number of fused-ring (bicyclic) bond motifs is 2. The summed E-state index contributed by atoms with van der Waals surface area (Å²) in [6, 6.07) is 23.0. The highest BCUT2D eigenvalue weighted by Crippen LogP contribution is 2.25. The highest BCUT2D eigenvalue weighted by molar-refractivity contribution is 6.07. The van der Waals surface area contributed by atoms with E-state index in [1.165, 1.54) is 12.1 Å². The summed E-state index contributed by atoms with van der Waals surface area (Å²) in [6.45, 7) is 0. The molecule has 0 aliphatic rings. The predicted octanol–water partition coefficient (Wildman–Crippen LogP) is 5.29. The lowest BCUT2D eigenvalue weighted by Gasteiger charge is -2.09. The lowest BCUT2D eigenvalue weighted by atomic mass is 10.0. The third-order valence-electron chi connectivity index (χ3n) is 5.09. The van der Waals surface area contributed by atoms with Crippen molar-refractivity contribution in [3.63, 3.8) is 0 Å². The number of benzene rings is 3. The summed E-state index contributed by atoms with van der Waals surface area (Å²) in [5.74, 6) is -0.674. The van der Waals surface area contributed by atoms with E-state index in [2.05, 4.69) is 20.5 Å². The minimum atomic E-state index is -0.349. The molecule has 2 heterocycles. The van der Waals surface area contributed by atoms with Crippen molar-refractivity contribution in [1.29, 1.82) is 0 Å². The number of halogens is 1. The van der Waals surface area contributed by atoms with Gasteiger partial charge in [0.1, 0.15) is 5.82 Å². The van der Waals surface area contributed by atoms with Crippen LogP contribution in [0.25, 0.3) is 33.1 Å². The normalized spacial score (nSPS) is 11.4. The van der Waals surface area contributed by atoms with Gasteiger partial charge in [0.2, 0.25) is 0 Å². The fourth-order valence-electron chi connectivity index (χ4n) is 3.55. The molecule has 5 nitrogen and oxygen atoms in total. The molecule has 0 fully saturated rings. The van der Waals surface area contributed by atoms with Gasteiger partial charge in [-0.05, 0) is 42.5 Å². The average molecular weight is 408 g/mol. The van der Waals surface area contributed by atoms with Gasteiger partial charge in [-0.2, -0.15) is 5.10 Å². The summed E-state index contributed by atoms with van der Waals surface area (Å²) < 4.78 is 13.3. The number of hydrazone groups is 1. The van der Waals surface area contributed by atoms with E-state index in [9.17, 15) is 9.18 Å². The standard InChI is InChI=1S/C25H17FN4O/c26-18-11-9-16(10-12-18)24-13-21(20-6-2-4-8-23(20)29-24)25(31)30-28-15-17-14-27-22-7-3-1-5-19(17)22/h1-15,27H,(H,30,31). The van der Waals surface area contributed by atoms with Crippen molar-refractivity contribution in [2.75, 3.05) is 0 Å². The first-order chi connectivity index (χ1) is 15.2. The number of para-hydroxylation sites is 2. The second-order valence-electron chi connectivity index (χ2n) is 7.07. The van der Waals surface area contributed by atoms with Gasteiger partial charge >= 0.3 is 0 Å². The predicted molar refractivity (Wildman–Crippen MR) is 120 cm³/mol. The number of amides is 1. The number of aromatic nitrogens is 2. The molecule has 5 rings (SSSR count). The molecule has 5 aromatic rings. The minimum Gasteiger partial charge on any atom is -0.361 e. The Hall–Kier alpha value is -4.32. The van der Waals surface area contributed by atoms with Crippen LogP contribution in [0.2, 0.25) is 0 Å². The van der Waals surface area contributed by atoms with Crippen LogP contribution in [-0.2, 0) is 0 Å². The smallest absolute Gasteiger partial charge is 0.272 e. The number of pyridine rings is 1. The number of carbonyl (C=O) groups is 1. The Morgan fingerprint density at radius 1 is 0.968 bits per heavy atom. The van der Waals surface area contributed by atoms with Crippen LogP contribution in [0.1, 0.15) is 15.9 Å². The molecule has 0 saturated carbocycles. The van der Waals surface area contributed by atoms with Crippen LogP contribution < -0.4 is 5.43 Å². The first-order valence-corrected chi connectivity index (χ1v) is 9.74. The molecule has 0 aliphatic heterocycles.